The summed E-state index contributed by atoms with van der Waals surface area (Å²) >= 11 is 0. The van der Waals surface area contributed by atoms with E-state index in [4.69, 9.17) is 5.73 Å². The lowest BCUT2D eigenvalue weighted by Gasteiger charge is -2.23. The first-order valence-electron chi connectivity index (χ1n) is 6.12. The number of primary amides is 1. The number of halogens is 1. The van der Waals surface area contributed by atoms with E-state index in [0.717, 1.165) is 25.9 Å². The third-order valence-corrected chi connectivity index (χ3v) is 4.65. The number of hydrogen-bond acceptors (Lipinski definition) is 4. The summed E-state index contributed by atoms with van der Waals surface area (Å²) in [6, 6.07) is 5.58. The first kappa shape index (κ1) is 16.9. The molecule has 0 aliphatic carbocycles. The van der Waals surface area contributed by atoms with Crippen LogP contribution in [0, 0.1) is 0 Å². The van der Waals surface area contributed by atoms with Gasteiger partial charge in [-0.3, -0.25) is 4.79 Å². The summed E-state index contributed by atoms with van der Waals surface area (Å²) in [5.41, 5.74) is 5.40. The number of carbonyl (C=O) groups excluding carboxylic acids is 1. The van der Waals surface area contributed by atoms with Crippen molar-refractivity contribution in [2.24, 2.45) is 5.73 Å². The number of hydrogen-bond donors (Lipinski definition) is 3. The van der Waals surface area contributed by atoms with E-state index in [-0.39, 0.29) is 23.3 Å². The highest BCUT2D eigenvalue weighted by molar-refractivity contribution is 7.89. The number of piperidine rings is 1. The third-order valence-electron chi connectivity index (χ3n) is 3.11. The molecule has 1 aromatic carbocycles. The van der Waals surface area contributed by atoms with Gasteiger partial charge in [-0.15, -0.1) is 12.4 Å². The van der Waals surface area contributed by atoms with Crippen LogP contribution in [0.2, 0.25) is 0 Å². The highest BCUT2D eigenvalue weighted by Gasteiger charge is 2.21. The van der Waals surface area contributed by atoms with Gasteiger partial charge in [0.2, 0.25) is 15.9 Å². The van der Waals surface area contributed by atoms with Gasteiger partial charge in [0.15, 0.2) is 0 Å². The van der Waals surface area contributed by atoms with E-state index >= 15 is 0 Å². The van der Waals surface area contributed by atoms with Crippen LogP contribution in [0.4, 0.5) is 0 Å². The standard InChI is InChI=1S/C12H17N3O3S.ClH/c13-12(16)9-1-3-11(4-2-9)19(17,18)15-10-5-7-14-8-6-10;/h1-4,10,14-15H,5-8H2,(H2,13,16);1H. The molecule has 1 fully saturated rings. The predicted octanol–water partition coefficient (Wildman–Crippen LogP) is 0.238. The van der Waals surface area contributed by atoms with Crippen LogP contribution in [0.3, 0.4) is 0 Å². The normalized spacial score (nSPS) is 16.4. The second kappa shape index (κ2) is 7.03. The minimum Gasteiger partial charge on any atom is -0.366 e. The van der Waals surface area contributed by atoms with Gasteiger partial charge in [-0.2, -0.15) is 0 Å². The van der Waals surface area contributed by atoms with Crippen molar-refractivity contribution in [3.05, 3.63) is 29.8 Å². The van der Waals surface area contributed by atoms with Crippen LogP contribution in [0.15, 0.2) is 29.2 Å². The molecule has 1 saturated heterocycles. The summed E-state index contributed by atoms with van der Waals surface area (Å²) in [5.74, 6) is -0.574. The lowest BCUT2D eigenvalue weighted by molar-refractivity contribution is 0.1000. The number of nitrogens with two attached hydrogens (primary N) is 1. The monoisotopic (exact) mass is 319 g/mol. The lowest BCUT2D eigenvalue weighted by atomic mass is 10.1. The second-order valence-corrected chi connectivity index (χ2v) is 6.25. The van der Waals surface area contributed by atoms with E-state index in [1.165, 1.54) is 24.3 Å². The van der Waals surface area contributed by atoms with Crippen LogP contribution < -0.4 is 15.8 Å². The molecule has 0 bridgehead atoms. The molecule has 0 spiro atoms. The minimum absolute atomic E-state index is 0. The summed E-state index contributed by atoms with van der Waals surface area (Å²) in [5, 5.41) is 3.17. The summed E-state index contributed by atoms with van der Waals surface area (Å²) in [7, 11) is -3.53. The fourth-order valence-electron chi connectivity index (χ4n) is 2.03. The van der Waals surface area contributed by atoms with Crippen molar-refractivity contribution in [1.29, 1.82) is 0 Å². The van der Waals surface area contributed by atoms with Crippen molar-refractivity contribution < 1.29 is 13.2 Å². The molecule has 0 unspecified atom stereocenters. The molecule has 0 radical (unpaired) electrons. The Morgan fingerprint density at radius 3 is 2.25 bits per heavy atom. The molecular weight excluding hydrogens is 302 g/mol. The topological polar surface area (TPSA) is 101 Å². The molecule has 4 N–H and O–H groups in total. The Morgan fingerprint density at radius 1 is 1.20 bits per heavy atom. The number of amides is 1. The zero-order valence-corrected chi connectivity index (χ0v) is 12.5. The second-order valence-electron chi connectivity index (χ2n) is 4.53. The fourth-order valence-corrected chi connectivity index (χ4v) is 3.33. The van der Waals surface area contributed by atoms with Gasteiger partial charge in [0.25, 0.3) is 0 Å². The van der Waals surface area contributed by atoms with Gasteiger partial charge in [0, 0.05) is 11.6 Å². The first-order chi connectivity index (χ1) is 8.99. The molecule has 0 atom stereocenters. The molecule has 1 amide bonds. The van der Waals surface area contributed by atoms with E-state index in [1.54, 1.807) is 0 Å². The molecular formula is C12H18ClN3O3S. The molecule has 8 heteroatoms. The molecule has 112 valence electrons. The molecule has 6 nitrogen and oxygen atoms in total. The fraction of sp³-hybridized carbons (Fsp3) is 0.417. The van der Waals surface area contributed by atoms with Crippen molar-refractivity contribution in [3.8, 4) is 0 Å². The number of sulfonamides is 1. The SMILES string of the molecule is Cl.NC(=O)c1ccc(S(=O)(=O)NC2CCNCC2)cc1. The number of carbonyl (C=O) groups is 1. The van der Waals surface area contributed by atoms with E-state index < -0.39 is 15.9 Å². The average molecular weight is 320 g/mol. The molecule has 2 rings (SSSR count). The van der Waals surface area contributed by atoms with E-state index in [1.807, 2.05) is 0 Å². The van der Waals surface area contributed by atoms with Gasteiger partial charge < -0.3 is 11.1 Å². The average Bonchev–Trinajstić information content (AvgIpc) is 2.39. The Labute approximate surface area is 124 Å². The molecule has 1 aliphatic rings. The quantitative estimate of drug-likeness (QED) is 0.739. The molecule has 20 heavy (non-hydrogen) atoms. The van der Waals surface area contributed by atoms with Crippen molar-refractivity contribution in [3.63, 3.8) is 0 Å². The summed E-state index contributed by atoms with van der Waals surface area (Å²) in [6.45, 7) is 1.63. The maximum atomic E-state index is 12.1. The van der Waals surface area contributed by atoms with Gasteiger partial charge in [-0.1, -0.05) is 0 Å². The van der Waals surface area contributed by atoms with Crippen LogP contribution >= 0.6 is 12.4 Å². The number of benzene rings is 1. The van der Waals surface area contributed by atoms with E-state index in [9.17, 15) is 13.2 Å². The third kappa shape index (κ3) is 4.17. The van der Waals surface area contributed by atoms with Crippen LogP contribution in [0.1, 0.15) is 23.2 Å². The van der Waals surface area contributed by atoms with Gasteiger partial charge in [-0.25, -0.2) is 13.1 Å². The maximum Gasteiger partial charge on any atom is 0.248 e. The van der Waals surface area contributed by atoms with E-state index in [2.05, 4.69) is 10.0 Å². The maximum absolute atomic E-state index is 12.1. The Balaban J connectivity index is 0.00000200. The van der Waals surface area contributed by atoms with Gasteiger partial charge in [0.1, 0.15) is 0 Å². The zero-order chi connectivity index (χ0) is 13.9. The predicted molar refractivity (Wildman–Crippen MR) is 78.4 cm³/mol. The summed E-state index contributed by atoms with van der Waals surface area (Å²) in [4.78, 5) is 11.1. The largest absolute Gasteiger partial charge is 0.366 e. The summed E-state index contributed by atoms with van der Waals surface area (Å²) in [6.07, 6.45) is 1.55. The molecule has 1 heterocycles. The van der Waals surface area contributed by atoms with Crippen molar-refractivity contribution in [2.75, 3.05) is 13.1 Å². The Kier molecular flexibility index (Phi) is 5.94. The summed E-state index contributed by atoms with van der Waals surface area (Å²) < 4.78 is 26.9. The molecule has 0 aromatic heterocycles. The van der Waals surface area contributed by atoms with Crippen molar-refractivity contribution >= 4 is 28.3 Å². The van der Waals surface area contributed by atoms with Gasteiger partial charge in [-0.05, 0) is 50.2 Å². The Morgan fingerprint density at radius 2 is 1.75 bits per heavy atom. The first-order valence-corrected chi connectivity index (χ1v) is 7.60. The lowest BCUT2D eigenvalue weighted by Crippen LogP contribution is -2.42. The van der Waals surface area contributed by atoms with Crippen LogP contribution in [-0.2, 0) is 10.0 Å². The Bertz CT molecular complexity index is 554. The number of rotatable bonds is 4. The minimum atomic E-state index is -3.53. The van der Waals surface area contributed by atoms with Gasteiger partial charge >= 0.3 is 0 Å². The van der Waals surface area contributed by atoms with E-state index in [0.29, 0.717) is 5.56 Å². The number of nitrogens with one attached hydrogen (secondary N) is 2. The van der Waals surface area contributed by atoms with Crippen molar-refractivity contribution in [2.45, 2.75) is 23.8 Å². The highest BCUT2D eigenvalue weighted by atomic mass is 35.5. The smallest absolute Gasteiger partial charge is 0.248 e. The molecule has 1 aromatic rings. The van der Waals surface area contributed by atoms with Crippen molar-refractivity contribution in [1.82, 2.24) is 10.0 Å². The molecule has 0 saturated carbocycles. The Hall–Kier alpha value is -1.15. The zero-order valence-electron chi connectivity index (χ0n) is 10.8. The van der Waals surface area contributed by atoms with Crippen LogP contribution in [-0.4, -0.2) is 33.5 Å². The van der Waals surface area contributed by atoms with Crippen LogP contribution in [0.5, 0.6) is 0 Å². The van der Waals surface area contributed by atoms with Crippen LogP contribution in [0.25, 0.3) is 0 Å². The van der Waals surface area contributed by atoms with Gasteiger partial charge in [0.05, 0.1) is 4.90 Å². The molecule has 1 aliphatic heterocycles. The highest BCUT2D eigenvalue weighted by Crippen LogP contribution is 2.13.